The van der Waals surface area contributed by atoms with Crippen LogP contribution in [-0.2, 0) is 9.59 Å². The highest BCUT2D eigenvalue weighted by Crippen LogP contribution is 2.16. The molecule has 2 heterocycles. The summed E-state index contributed by atoms with van der Waals surface area (Å²) in [6.07, 6.45) is 6.19. The normalized spacial score (nSPS) is 19.4. The third kappa shape index (κ3) is 2.85. The second kappa shape index (κ2) is 5.62. The number of aromatic nitrogens is 1. The van der Waals surface area contributed by atoms with Crippen molar-refractivity contribution in [2.45, 2.75) is 32.2 Å². The summed E-state index contributed by atoms with van der Waals surface area (Å²) in [6.45, 7) is 2.65. The Morgan fingerprint density at radius 2 is 2.28 bits per heavy atom. The smallest absolute Gasteiger partial charge is 0.313 e. The number of piperidine rings is 1. The molecule has 0 spiro atoms. The Hall–Kier alpha value is -1.91. The van der Waals surface area contributed by atoms with Crippen LogP contribution in [-0.4, -0.2) is 34.3 Å². The summed E-state index contributed by atoms with van der Waals surface area (Å²) in [7, 11) is 0. The van der Waals surface area contributed by atoms with Crippen LogP contribution in [0.1, 0.15) is 26.2 Å². The molecule has 96 valence electrons. The Labute approximate surface area is 106 Å². The largest absolute Gasteiger partial charge is 0.332 e. The van der Waals surface area contributed by atoms with Gasteiger partial charge in [0.1, 0.15) is 0 Å². The molecule has 2 amide bonds. The second-order valence-electron chi connectivity index (χ2n) is 4.54. The molecule has 5 nitrogen and oxygen atoms in total. The molecule has 1 aliphatic rings. The summed E-state index contributed by atoms with van der Waals surface area (Å²) in [6, 6.07) is 3.56. The van der Waals surface area contributed by atoms with Gasteiger partial charge in [-0.05, 0) is 38.3 Å². The van der Waals surface area contributed by atoms with E-state index in [1.54, 1.807) is 23.2 Å². The first kappa shape index (κ1) is 12.5. The first-order valence-corrected chi connectivity index (χ1v) is 6.20. The molecule has 1 saturated heterocycles. The van der Waals surface area contributed by atoms with Gasteiger partial charge in [0.05, 0.1) is 11.9 Å². The maximum Gasteiger partial charge on any atom is 0.313 e. The van der Waals surface area contributed by atoms with Crippen molar-refractivity contribution < 1.29 is 9.59 Å². The second-order valence-corrected chi connectivity index (χ2v) is 4.54. The molecule has 0 radical (unpaired) electrons. The van der Waals surface area contributed by atoms with Crippen LogP contribution in [0, 0.1) is 0 Å². The number of rotatable bonds is 1. The predicted molar refractivity (Wildman–Crippen MR) is 67.9 cm³/mol. The summed E-state index contributed by atoms with van der Waals surface area (Å²) in [4.78, 5) is 29.4. The average molecular weight is 247 g/mol. The van der Waals surface area contributed by atoms with Crippen molar-refractivity contribution in [3.8, 4) is 0 Å². The van der Waals surface area contributed by atoms with Crippen LogP contribution in [0.5, 0.6) is 0 Å². The Balaban J connectivity index is 1.98. The van der Waals surface area contributed by atoms with Gasteiger partial charge < -0.3 is 10.2 Å². The van der Waals surface area contributed by atoms with E-state index in [-0.39, 0.29) is 6.04 Å². The average Bonchev–Trinajstić information content (AvgIpc) is 2.39. The van der Waals surface area contributed by atoms with E-state index < -0.39 is 11.8 Å². The molecule has 1 aromatic heterocycles. The minimum Gasteiger partial charge on any atom is -0.332 e. The molecular weight excluding hydrogens is 230 g/mol. The highest BCUT2D eigenvalue weighted by Gasteiger charge is 2.27. The number of hydrogen-bond acceptors (Lipinski definition) is 3. The first-order valence-electron chi connectivity index (χ1n) is 6.20. The molecule has 1 unspecified atom stereocenters. The molecule has 0 bridgehead atoms. The number of carbonyl (C=O) groups is 2. The van der Waals surface area contributed by atoms with Gasteiger partial charge in [0.15, 0.2) is 0 Å². The van der Waals surface area contributed by atoms with E-state index in [1.165, 1.54) is 6.20 Å². The minimum absolute atomic E-state index is 0.144. The van der Waals surface area contributed by atoms with Crippen LogP contribution in [0.4, 0.5) is 5.69 Å². The summed E-state index contributed by atoms with van der Waals surface area (Å²) in [5, 5.41) is 2.57. The lowest BCUT2D eigenvalue weighted by Gasteiger charge is -2.32. The number of carbonyl (C=O) groups excluding carboxylic acids is 2. The Morgan fingerprint density at radius 3 is 2.94 bits per heavy atom. The molecule has 1 fully saturated rings. The standard InChI is InChI=1S/C13H17N3O2/c1-10-5-2-3-8-16(10)13(18)12(17)15-11-6-4-7-14-9-11/h4,6-7,9-10H,2-3,5,8H2,1H3,(H,15,17). The van der Waals surface area contributed by atoms with Crippen molar-refractivity contribution in [1.29, 1.82) is 0 Å². The predicted octanol–water partition coefficient (Wildman–Crippen LogP) is 1.42. The summed E-state index contributed by atoms with van der Waals surface area (Å²) in [5.74, 6) is -1.04. The highest BCUT2D eigenvalue weighted by atomic mass is 16.2. The molecule has 0 aromatic carbocycles. The van der Waals surface area contributed by atoms with Gasteiger partial charge in [-0.3, -0.25) is 14.6 Å². The van der Waals surface area contributed by atoms with Crippen molar-refractivity contribution in [2.24, 2.45) is 0 Å². The van der Waals surface area contributed by atoms with Crippen LogP contribution in [0.15, 0.2) is 24.5 Å². The SMILES string of the molecule is CC1CCCCN1C(=O)C(=O)Nc1cccnc1. The zero-order valence-electron chi connectivity index (χ0n) is 10.4. The summed E-state index contributed by atoms with van der Waals surface area (Å²) >= 11 is 0. The molecule has 1 N–H and O–H groups in total. The number of amides is 2. The zero-order valence-corrected chi connectivity index (χ0v) is 10.4. The fourth-order valence-corrected chi connectivity index (χ4v) is 2.15. The fraction of sp³-hybridized carbons (Fsp3) is 0.462. The molecule has 1 aromatic rings. The molecule has 5 heteroatoms. The van der Waals surface area contributed by atoms with Crippen LogP contribution in [0.2, 0.25) is 0 Å². The van der Waals surface area contributed by atoms with Gasteiger partial charge in [-0.25, -0.2) is 0 Å². The van der Waals surface area contributed by atoms with Gasteiger partial charge >= 0.3 is 11.8 Å². The number of likely N-dealkylation sites (tertiary alicyclic amines) is 1. The van der Waals surface area contributed by atoms with Gasteiger partial charge in [-0.1, -0.05) is 0 Å². The van der Waals surface area contributed by atoms with E-state index in [0.29, 0.717) is 12.2 Å². The van der Waals surface area contributed by atoms with E-state index in [1.807, 2.05) is 6.92 Å². The number of pyridine rings is 1. The third-order valence-electron chi connectivity index (χ3n) is 3.18. The van der Waals surface area contributed by atoms with E-state index >= 15 is 0 Å². The quantitative estimate of drug-likeness (QED) is 0.763. The number of nitrogens with one attached hydrogen (secondary N) is 1. The molecule has 1 aliphatic heterocycles. The maximum atomic E-state index is 12.0. The van der Waals surface area contributed by atoms with Gasteiger partial charge in [-0.2, -0.15) is 0 Å². The van der Waals surface area contributed by atoms with E-state index in [0.717, 1.165) is 19.3 Å². The number of anilines is 1. The van der Waals surface area contributed by atoms with Gasteiger partial charge in [0.2, 0.25) is 0 Å². The van der Waals surface area contributed by atoms with E-state index in [2.05, 4.69) is 10.3 Å². The van der Waals surface area contributed by atoms with Crippen LogP contribution >= 0.6 is 0 Å². The van der Waals surface area contributed by atoms with Crippen LogP contribution in [0.25, 0.3) is 0 Å². The maximum absolute atomic E-state index is 12.0. The topological polar surface area (TPSA) is 62.3 Å². The molecule has 0 saturated carbocycles. The molecule has 1 atom stereocenters. The lowest BCUT2D eigenvalue weighted by Crippen LogP contribution is -2.47. The molecular formula is C13H17N3O2. The van der Waals surface area contributed by atoms with Crippen LogP contribution < -0.4 is 5.32 Å². The van der Waals surface area contributed by atoms with Gasteiger partial charge in [-0.15, -0.1) is 0 Å². The Morgan fingerprint density at radius 1 is 1.44 bits per heavy atom. The molecule has 2 rings (SSSR count). The third-order valence-corrected chi connectivity index (χ3v) is 3.18. The summed E-state index contributed by atoms with van der Waals surface area (Å²) < 4.78 is 0. The molecule has 18 heavy (non-hydrogen) atoms. The Kier molecular flexibility index (Phi) is 3.92. The summed E-state index contributed by atoms with van der Waals surface area (Å²) in [5.41, 5.74) is 0.542. The van der Waals surface area contributed by atoms with Gasteiger partial charge in [0, 0.05) is 18.8 Å². The monoisotopic (exact) mass is 247 g/mol. The van der Waals surface area contributed by atoms with Crippen molar-refractivity contribution in [3.63, 3.8) is 0 Å². The van der Waals surface area contributed by atoms with Crippen molar-refractivity contribution >= 4 is 17.5 Å². The number of hydrogen-bond donors (Lipinski definition) is 1. The van der Waals surface area contributed by atoms with Crippen molar-refractivity contribution in [2.75, 3.05) is 11.9 Å². The molecule has 0 aliphatic carbocycles. The highest BCUT2D eigenvalue weighted by molar-refractivity contribution is 6.39. The number of nitrogens with zero attached hydrogens (tertiary/aromatic N) is 2. The lowest BCUT2D eigenvalue weighted by atomic mass is 10.0. The zero-order chi connectivity index (χ0) is 13.0. The van der Waals surface area contributed by atoms with E-state index in [9.17, 15) is 9.59 Å². The van der Waals surface area contributed by atoms with Crippen molar-refractivity contribution in [3.05, 3.63) is 24.5 Å². The van der Waals surface area contributed by atoms with Gasteiger partial charge in [0.25, 0.3) is 0 Å². The lowest BCUT2D eigenvalue weighted by molar-refractivity contribution is -0.145. The minimum atomic E-state index is -0.586. The van der Waals surface area contributed by atoms with E-state index in [4.69, 9.17) is 0 Å². The fourth-order valence-electron chi connectivity index (χ4n) is 2.15. The Bertz CT molecular complexity index is 433. The first-order chi connectivity index (χ1) is 8.68. The van der Waals surface area contributed by atoms with Crippen LogP contribution in [0.3, 0.4) is 0 Å². The van der Waals surface area contributed by atoms with Crippen molar-refractivity contribution in [1.82, 2.24) is 9.88 Å².